The second-order valence-corrected chi connectivity index (χ2v) is 6.01. The maximum Gasteiger partial charge on any atom is 0.292 e. The number of rotatable bonds is 5. The molecule has 6 nitrogen and oxygen atoms in total. The van der Waals surface area contributed by atoms with Crippen molar-refractivity contribution in [2.24, 2.45) is 0 Å². The summed E-state index contributed by atoms with van der Waals surface area (Å²) < 4.78 is 6.75. The number of benzene rings is 1. The van der Waals surface area contributed by atoms with Crippen LogP contribution in [-0.2, 0) is 0 Å². The van der Waals surface area contributed by atoms with Gasteiger partial charge in [-0.05, 0) is 30.0 Å². The number of thioether (sulfide) groups is 1. The fourth-order valence-electron chi connectivity index (χ4n) is 2.18. The zero-order valence-electron chi connectivity index (χ0n) is 12.9. The number of hydrogen-bond acceptors (Lipinski definition) is 5. The average Bonchev–Trinajstić information content (AvgIpc) is 3.24. The van der Waals surface area contributed by atoms with Crippen molar-refractivity contribution in [3.63, 3.8) is 0 Å². The molecule has 1 amide bonds. The van der Waals surface area contributed by atoms with E-state index in [9.17, 15) is 10.1 Å². The van der Waals surface area contributed by atoms with E-state index in [4.69, 9.17) is 4.42 Å². The van der Waals surface area contributed by atoms with Gasteiger partial charge in [0.1, 0.15) is 16.7 Å². The Kier molecular flexibility index (Phi) is 4.68. The van der Waals surface area contributed by atoms with E-state index in [1.807, 2.05) is 37.3 Å². The fraction of sp³-hybridized carbons (Fsp3) is 0.118. The van der Waals surface area contributed by atoms with E-state index >= 15 is 0 Å². The third-order valence-corrected chi connectivity index (χ3v) is 4.15. The lowest BCUT2D eigenvalue weighted by molar-refractivity contribution is 0.0996. The van der Waals surface area contributed by atoms with Crippen molar-refractivity contribution < 1.29 is 9.21 Å². The van der Waals surface area contributed by atoms with E-state index in [1.165, 1.54) is 18.0 Å². The zero-order valence-corrected chi connectivity index (χ0v) is 13.7. The Morgan fingerprint density at radius 1 is 1.33 bits per heavy atom. The Morgan fingerprint density at radius 3 is 2.75 bits per heavy atom. The molecule has 0 aliphatic rings. The predicted molar refractivity (Wildman–Crippen MR) is 91.3 cm³/mol. The fourth-order valence-corrected chi connectivity index (χ4v) is 3.01. The van der Waals surface area contributed by atoms with Gasteiger partial charge >= 0.3 is 0 Å². The van der Waals surface area contributed by atoms with Gasteiger partial charge in [0.2, 0.25) is 0 Å². The van der Waals surface area contributed by atoms with Crippen LogP contribution in [0, 0.1) is 11.3 Å². The van der Waals surface area contributed by atoms with Gasteiger partial charge in [-0.15, -0.1) is 16.9 Å². The molecule has 0 radical (unpaired) electrons. The van der Waals surface area contributed by atoms with Crippen molar-refractivity contribution in [1.29, 1.82) is 5.26 Å². The van der Waals surface area contributed by atoms with Crippen LogP contribution >= 0.6 is 11.8 Å². The molecule has 1 N–H and O–H groups in total. The number of nitrogens with zero attached hydrogens (tertiary/aromatic N) is 3. The molecule has 0 fully saturated rings. The number of amides is 1. The van der Waals surface area contributed by atoms with Crippen molar-refractivity contribution in [2.75, 3.05) is 11.1 Å². The summed E-state index contributed by atoms with van der Waals surface area (Å²) in [5, 5.41) is 17.3. The molecule has 120 valence electrons. The third kappa shape index (κ3) is 3.05. The zero-order chi connectivity index (χ0) is 16.9. The monoisotopic (exact) mass is 338 g/mol. The first kappa shape index (κ1) is 15.9. The standard InChI is InChI=1S/C17H14N4O2S/c1-2-24-17-13(11-18)15(19-16(22)14-9-6-10-23-14)20-21(17)12-7-4-3-5-8-12/h3-10H,2H2,1H3,(H,19,20,22). The lowest BCUT2D eigenvalue weighted by Gasteiger charge is -2.05. The Morgan fingerprint density at radius 2 is 2.12 bits per heavy atom. The van der Waals surface area contributed by atoms with Crippen molar-refractivity contribution in [3.05, 3.63) is 60.1 Å². The Labute approximate surface area is 143 Å². The molecule has 0 bridgehead atoms. The van der Waals surface area contributed by atoms with Crippen LogP contribution in [0.4, 0.5) is 5.82 Å². The van der Waals surface area contributed by atoms with Crippen LogP contribution in [0.1, 0.15) is 23.0 Å². The van der Waals surface area contributed by atoms with Gasteiger partial charge in [0.25, 0.3) is 5.91 Å². The number of aromatic nitrogens is 2. The van der Waals surface area contributed by atoms with Gasteiger partial charge < -0.3 is 9.73 Å². The second-order valence-electron chi connectivity index (χ2n) is 4.75. The van der Waals surface area contributed by atoms with Crippen LogP contribution in [0.25, 0.3) is 5.69 Å². The SMILES string of the molecule is CCSc1c(C#N)c(NC(=O)c2ccco2)nn1-c1ccccc1. The minimum Gasteiger partial charge on any atom is -0.459 e. The molecule has 0 saturated carbocycles. The van der Waals surface area contributed by atoms with Crippen molar-refractivity contribution in [3.8, 4) is 11.8 Å². The molecule has 0 aliphatic carbocycles. The number of para-hydroxylation sites is 1. The van der Waals surface area contributed by atoms with Gasteiger partial charge in [-0.3, -0.25) is 4.79 Å². The molecule has 24 heavy (non-hydrogen) atoms. The summed E-state index contributed by atoms with van der Waals surface area (Å²) >= 11 is 1.50. The second kappa shape index (κ2) is 7.06. The molecular formula is C17H14N4O2S. The van der Waals surface area contributed by atoms with E-state index in [1.54, 1.807) is 16.8 Å². The first-order valence-electron chi connectivity index (χ1n) is 7.30. The van der Waals surface area contributed by atoms with Crippen LogP contribution < -0.4 is 5.32 Å². The van der Waals surface area contributed by atoms with Crippen LogP contribution in [0.15, 0.2) is 58.2 Å². The highest BCUT2D eigenvalue weighted by atomic mass is 32.2. The summed E-state index contributed by atoms with van der Waals surface area (Å²) in [5.41, 5.74) is 1.16. The molecule has 2 heterocycles. The first-order valence-corrected chi connectivity index (χ1v) is 8.29. The van der Waals surface area contributed by atoms with E-state index in [-0.39, 0.29) is 11.6 Å². The number of carbonyl (C=O) groups is 1. The Balaban J connectivity index is 2.03. The molecule has 7 heteroatoms. The lowest BCUT2D eigenvalue weighted by Crippen LogP contribution is -2.12. The van der Waals surface area contributed by atoms with E-state index in [2.05, 4.69) is 16.5 Å². The van der Waals surface area contributed by atoms with Crippen molar-refractivity contribution in [1.82, 2.24) is 9.78 Å². The quantitative estimate of drug-likeness (QED) is 0.717. The Bertz CT molecular complexity index is 879. The van der Waals surface area contributed by atoms with Gasteiger partial charge in [0.05, 0.1) is 12.0 Å². The van der Waals surface area contributed by atoms with E-state index < -0.39 is 5.91 Å². The number of carbonyl (C=O) groups excluding carboxylic acids is 1. The largest absolute Gasteiger partial charge is 0.459 e. The smallest absolute Gasteiger partial charge is 0.292 e. The highest BCUT2D eigenvalue weighted by Gasteiger charge is 2.21. The minimum atomic E-state index is -0.442. The number of hydrogen-bond donors (Lipinski definition) is 1. The summed E-state index contributed by atoms with van der Waals surface area (Å²) in [6.45, 7) is 2.00. The maximum atomic E-state index is 12.2. The Hall–Kier alpha value is -2.98. The van der Waals surface area contributed by atoms with Crippen LogP contribution in [0.3, 0.4) is 0 Å². The van der Waals surface area contributed by atoms with Crippen LogP contribution in [0.5, 0.6) is 0 Å². The molecule has 0 aliphatic heterocycles. The van der Waals surface area contributed by atoms with E-state index in [0.717, 1.165) is 11.4 Å². The number of nitriles is 1. The topological polar surface area (TPSA) is 83.8 Å². The van der Waals surface area contributed by atoms with Crippen LogP contribution in [0.2, 0.25) is 0 Å². The van der Waals surface area contributed by atoms with Gasteiger partial charge in [0, 0.05) is 0 Å². The summed E-state index contributed by atoms with van der Waals surface area (Å²) in [6.07, 6.45) is 1.42. The molecule has 0 unspecified atom stereocenters. The number of furan rings is 1. The van der Waals surface area contributed by atoms with Crippen LogP contribution in [-0.4, -0.2) is 21.4 Å². The van der Waals surface area contributed by atoms with Gasteiger partial charge in [-0.25, -0.2) is 4.68 Å². The van der Waals surface area contributed by atoms with Gasteiger partial charge in [-0.1, -0.05) is 25.1 Å². The highest BCUT2D eigenvalue weighted by Crippen LogP contribution is 2.30. The molecular weight excluding hydrogens is 324 g/mol. The summed E-state index contributed by atoms with van der Waals surface area (Å²) in [4.78, 5) is 12.2. The predicted octanol–water partition coefficient (Wildman–Crippen LogP) is 3.70. The molecule has 2 aromatic heterocycles. The average molecular weight is 338 g/mol. The van der Waals surface area contributed by atoms with Gasteiger partial charge in [-0.2, -0.15) is 5.26 Å². The molecule has 3 rings (SSSR count). The summed E-state index contributed by atoms with van der Waals surface area (Å²) in [6, 6.07) is 14.8. The summed E-state index contributed by atoms with van der Waals surface area (Å²) in [7, 11) is 0. The normalized spacial score (nSPS) is 10.3. The third-order valence-electron chi connectivity index (χ3n) is 3.21. The maximum absolute atomic E-state index is 12.2. The molecule has 0 atom stereocenters. The van der Waals surface area contributed by atoms with E-state index in [0.29, 0.717) is 10.6 Å². The molecule has 0 spiro atoms. The highest BCUT2D eigenvalue weighted by molar-refractivity contribution is 7.99. The summed E-state index contributed by atoms with van der Waals surface area (Å²) in [5.74, 6) is 0.720. The van der Waals surface area contributed by atoms with Gasteiger partial charge in [0.15, 0.2) is 11.6 Å². The lowest BCUT2D eigenvalue weighted by atomic mass is 10.3. The van der Waals surface area contributed by atoms with Crippen molar-refractivity contribution in [2.45, 2.75) is 11.9 Å². The molecule has 3 aromatic rings. The first-order chi connectivity index (χ1) is 11.7. The number of nitrogens with one attached hydrogen (secondary N) is 1. The molecule has 0 saturated heterocycles. The minimum absolute atomic E-state index is 0.165. The van der Waals surface area contributed by atoms with Crippen molar-refractivity contribution >= 4 is 23.5 Å². The number of anilines is 1. The molecule has 1 aromatic carbocycles.